The largest absolute Gasteiger partial charge is 0.354 e. The summed E-state index contributed by atoms with van der Waals surface area (Å²) in [4.78, 5) is 21.4. The van der Waals surface area contributed by atoms with Gasteiger partial charge in [0.1, 0.15) is 12.2 Å². The smallest absolute Gasteiger partial charge is 0.241 e. The number of hydrogen-bond acceptors (Lipinski definition) is 6. The maximum Gasteiger partial charge on any atom is 0.241 e. The van der Waals surface area contributed by atoms with Crippen molar-refractivity contribution in [3.8, 4) is 11.9 Å². The van der Waals surface area contributed by atoms with Crippen LogP contribution in [0.4, 0.5) is 5.95 Å². The lowest BCUT2D eigenvalue weighted by Crippen LogP contribution is -2.12. The van der Waals surface area contributed by atoms with Gasteiger partial charge in [-0.2, -0.15) is 15.0 Å². The van der Waals surface area contributed by atoms with Crippen molar-refractivity contribution >= 4 is 5.95 Å². The van der Waals surface area contributed by atoms with Crippen molar-refractivity contribution in [1.29, 1.82) is 0 Å². The third-order valence-corrected chi connectivity index (χ3v) is 2.72. The number of anilines is 1. The molecule has 0 saturated carbocycles. The number of nitrogens with one attached hydrogen (secondary N) is 1. The Hall–Kier alpha value is -2.77. The summed E-state index contributed by atoms with van der Waals surface area (Å²) in [6.45, 7) is 4.62. The SMILES string of the molecule is CCNc1nc(-n2ccnc2)nc(-n2ccnc2C)n1. The lowest BCUT2D eigenvalue weighted by atomic mass is 10.6. The normalized spacial score (nSPS) is 10.7. The van der Waals surface area contributed by atoms with Gasteiger partial charge in [-0.1, -0.05) is 0 Å². The fourth-order valence-electron chi connectivity index (χ4n) is 1.78. The van der Waals surface area contributed by atoms with Gasteiger partial charge in [0.15, 0.2) is 0 Å². The third-order valence-electron chi connectivity index (χ3n) is 2.72. The van der Waals surface area contributed by atoms with Crippen LogP contribution >= 0.6 is 0 Å². The Kier molecular flexibility index (Phi) is 3.12. The van der Waals surface area contributed by atoms with E-state index < -0.39 is 0 Å². The summed E-state index contributed by atoms with van der Waals surface area (Å²) in [5.41, 5.74) is 0. The Morgan fingerprint density at radius 3 is 2.60 bits per heavy atom. The molecule has 1 N–H and O–H groups in total. The van der Waals surface area contributed by atoms with Crippen molar-refractivity contribution in [2.24, 2.45) is 0 Å². The molecule has 8 heteroatoms. The molecule has 0 saturated heterocycles. The summed E-state index contributed by atoms with van der Waals surface area (Å²) in [6, 6.07) is 0. The van der Waals surface area contributed by atoms with Gasteiger partial charge in [0.05, 0.1) is 0 Å². The van der Waals surface area contributed by atoms with Gasteiger partial charge >= 0.3 is 0 Å². The molecule has 0 spiro atoms. The van der Waals surface area contributed by atoms with E-state index in [0.717, 1.165) is 12.4 Å². The first-order valence-electron chi connectivity index (χ1n) is 6.26. The lowest BCUT2D eigenvalue weighted by Gasteiger charge is -2.09. The van der Waals surface area contributed by atoms with Gasteiger partial charge in [-0.15, -0.1) is 0 Å². The lowest BCUT2D eigenvalue weighted by molar-refractivity contribution is 0.820. The van der Waals surface area contributed by atoms with E-state index in [9.17, 15) is 0 Å². The number of rotatable bonds is 4. The van der Waals surface area contributed by atoms with Crippen LogP contribution in [0.15, 0.2) is 31.1 Å². The number of aromatic nitrogens is 7. The second-order valence-corrected chi connectivity index (χ2v) is 4.10. The van der Waals surface area contributed by atoms with Crippen LogP contribution in [0.5, 0.6) is 0 Å². The highest BCUT2D eigenvalue weighted by atomic mass is 15.3. The number of aryl methyl sites for hydroxylation is 1. The van der Waals surface area contributed by atoms with Gasteiger partial charge in [0, 0.05) is 31.3 Å². The van der Waals surface area contributed by atoms with Crippen LogP contribution in [-0.2, 0) is 0 Å². The Morgan fingerprint density at radius 1 is 1.10 bits per heavy atom. The molecule has 3 heterocycles. The van der Waals surface area contributed by atoms with Crippen molar-refractivity contribution in [3.63, 3.8) is 0 Å². The van der Waals surface area contributed by atoms with E-state index >= 15 is 0 Å². The molecule has 0 bridgehead atoms. The maximum absolute atomic E-state index is 4.45. The Labute approximate surface area is 115 Å². The number of hydrogen-bond donors (Lipinski definition) is 1. The molecule has 8 nitrogen and oxygen atoms in total. The molecule has 3 aromatic rings. The van der Waals surface area contributed by atoms with Crippen LogP contribution in [0.25, 0.3) is 11.9 Å². The second kappa shape index (κ2) is 5.08. The molecule has 3 rings (SSSR count). The van der Waals surface area contributed by atoms with Crippen LogP contribution < -0.4 is 5.32 Å². The summed E-state index contributed by atoms with van der Waals surface area (Å²) in [6.07, 6.45) is 8.64. The van der Waals surface area contributed by atoms with Gasteiger partial charge in [-0.3, -0.25) is 9.13 Å². The van der Waals surface area contributed by atoms with E-state index in [-0.39, 0.29) is 0 Å². The van der Waals surface area contributed by atoms with Crippen LogP contribution in [0, 0.1) is 6.92 Å². The highest BCUT2D eigenvalue weighted by Crippen LogP contribution is 2.10. The first-order chi connectivity index (χ1) is 9.78. The summed E-state index contributed by atoms with van der Waals surface area (Å²) >= 11 is 0. The van der Waals surface area contributed by atoms with E-state index in [1.807, 2.05) is 24.6 Å². The van der Waals surface area contributed by atoms with Gasteiger partial charge in [0.2, 0.25) is 17.8 Å². The maximum atomic E-state index is 4.45. The summed E-state index contributed by atoms with van der Waals surface area (Å²) in [5.74, 6) is 2.37. The molecule has 0 amide bonds. The molecule has 0 aliphatic carbocycles. The highest BCUT2D eigenvalue weighted by molar-refractivity contribution is 5.33. The first kappa shape index (κ1) is 12.3. The zero-order valence-electron chi connectivity index (χ0n) is 11.2. The van der Waals surface area contributed by atoms with Crippen LogP contribution in [0.3, 0.4) is 0 Å². The molecule has 0 aliphatic rings. The monoisotopic (exact) mass is 270 g/mol. The molecular formula is C12H14N8. The molecule has 20 heavy (non-hydrogen) atoms. The molecule has 102 valence electrons. The quantitative estimate of drug-likeness (QED) is 0.760. The zero-order valence-corrected chi connectivity index (χ0v) is 11.2. The molecule has 0 unspecified atom stereocenters. The van der Waals surface area contributed by atoms with E-state index in [0.29, 0.717) is 17.8 Å². The number of imidazole rings is 2. The Morgan fingerprint density at radius 2 is 1.95 bits per heavy atom. The first-order valence-corrected chi connectivity index (χ1v) is 6.26. The minimum absolute atomic E-state index is 0.511. The Balaban J connectivity index is 2.12. The second-order valence-electron chi connectivity index (χ2n) is 4.10. The van der Waals surface area contributed by atoms with E-state index in [1.165, 1.54) is 0 Å². The number of nitrogens with zero attached hydrogens (tertiary/aromatic N) is 7. The van der Waals surface area contributed by atoms with Crippen molar-refractivity contribution in [3.05, 3.63) is 36.9 Å². The van der Waals surface area contributed by atoms with E-state index in [1.54, 1.807) is 29.5 Å². The standard InChI is InChI=1S/C12H14N8/c1-3-14-10-16-11(19-6-4-13-8-19)18-12(17-10)20-7-5-15-9(20)2/h4-8H,3H2,1-2H3,(H,14,16,17,18). The van der Waals surface area contributed by atoms with Crippen molar-refractivity contribution < 1.29 is 0 Å². The molecule has 0 radical (unpaired) electrons. The predicted molar refractivity (Wildman–Crippen MR) is 73.0 cm³/mol. The molecule has 0 aliphatic heterocycles. The predicted octanol–water partition coefficient (Wildman–Crippen LogP) is 0.983. The van der Waals surface area contributed by atoms with Gasteiger partial charge in [-0.05, 0) is 13.8 Å². The molecule has 3 aromatic heterocycles. The van der Waals surface area contributed by atoms with Gasteiger partial charge < -0.3 is 5.32 Å². The van der Waals surface area contributed by atoms with E-state index in [4.69, 9.17) is 0 Å². The molecule has 0 fully saturated rings. The zero-order chi connectivity index (χ0) is 13.9. The minimum Gasteiger partial charge on any atom is -0.354 e. The fourth-order valence-corrected chi connectivity index (χ4v) is 1.78. The van der Waals surface area contributed by atoms with Crippen molar-refractivity contribution in [2.45, 2.75) is 13.8 Å². The highest BCUT2D eigenvalue weighted by Gasteiger charge is 2.10. The van der Waals surface area contributed by atoms with Crippen LogP contribution in [0.1, 0.15) is 12.7 Å². The van der Waals surface area contributed by atoms with Gasteiger partial charge in [-0.25, -0.2) is 9.97 Å². The van der Waals surface area contributed by atoms with Crippen molar-refractivity contribution in [2.75, 3.05) is 11.9 Å². The van der Waals surface area contributed by atoms with Crippen molar-refractivity contribution in [1.82, 2.24) is 34.1 Å². The van der Waals surface area contributed by atoms with Gasteiger partial charge in [0.25, 0.3) is 0 Å². The average Bonchev–Trinajstić information content (AvgIpc) is 3.09. The molecule has 0 atom stereocenters. The van der Waals surface area contributed by atoms with E-state index in [2.05, 4.69) is 30.2 Å². The third kappa shape index (κ3) is 2.22. The summed E-state index contributed by atoms with van der Waals surface area (Å²) in [7, 11) is 0. The molecular weight excluding hydrogens is 256 g/mol. The van der Waals surface area contributed by atoms with Crippen LogP contribution in [0.2, 0.25) is 0 Å². The van der Waals surface area contributed by atoms with Crippen LogP contribution in [-0.4, -0.2) is 40.6 Å². The molecule has 0 aromatic carbocycles. The fraction of sp³-hybridized carbons (Fsp3) is 0.250. The topological polar surface area (TPSA) is 86.3 Å². The summed E-state index contributed by atoms with van der Waals surface area (Å²) < 4.78 is 3.54. The Bertz CT molecular complexity index is 700. The summed E-state index contributed by atoms with van der Waals surface area (Å²) in [5, 5.41) is 3.10. The average molecular weight is 270 g/mol. The minimum atomic E-state index is 0.511.